The number of hydrogen-bond donors (Lipinski definition) is 5. The Morgan fingerprint density at radius 2 is 1.69 bits per heavy atom. The number of Topliss-reactive ketones (excluding diaryl/α,β-unsaturated/α-hetero) is 1. The molecule has 3 rings (SSSR count). The standard InChI is InChI=1S/C35H55N7O9/c1-7-15-36-30(47)28(45)22-12-8-9-16-37-33(50)51-18-11-13-23(31(48)41-17-10-14-24(41)29(46)38-22)39-32(49)40-25(34(2,3)4)21-42-26(43)19-35(5,6)20-27(42)44/h7,22-25H,1,8-21H2,2-6H3,(H,36,47)(H,37,50)(H,38,46)(H2,39,40,49)/t22-,23-,24-,25+/m0/s1. The molecule has 0 aromatic heterocycles. The van der Waals surface area contributed by atoms with Crippen LogP contribution in [0.2, 0.25) is 0 Å². The first-order chi connectivity index (χ1) is 23.9. The topological polar surface area (TPSA) is 212 Å². The van der Waals surface area contributed by atoms with Gasteiger partial charge in [-0.1, -0.05) is 40.7 Å². The van der Waals surface area contributed by atoms with Crippen LogP contribution in [0.3, 0.4) is 0 Å². The molecule has 3 heterocycles. The summed E-state index contributed by atoms with van der Waals surface area (Å²) in [5, 5.41) is 13.3. The second kappa shape index (κ2) is 18.1. The average Bonchev–Trinajstić information content (AvgIpc) is 3.53. The molecular weight excluding hydrogens is 662 g/mol. The maximum atomic E-state index is 14.1. The van der Waals surface area contributed by atoms with E-state index in [4.69, 9.17) is 4.74 Å². The number of carbonyl (C=O) groups is 8. The molecule has 0 radical (unpaired) electrons. The molecule has 3 aliphatic heterocycles. The number of likely N-dealkylation sites (tertiary alicyclic amines) is 1. The molecule has 0 bridgehead atoms. The molecule has 3 aliphatic rings. The van der Waals surface area contributed by atoms with Crippen molar-refractivity contribution >= 4 is 47.4 Å². The summed E-state index contributed by atoms with van der Waals surface area (Å²) in [6, 6.07) is -4.64. The number of carbonyl (C=O) groups excluding carboxylic acids is 8. The number of alkyl carbamates (subject to hydrolysis) is 1. The lowest BCUT2D eigenvalue weighted by molar-refractivity contribution is -0.153. The monoisotopic (exact) mass is 717 g/mol. The highest BCUT2D eigenvalue weighted by Gasteiger charge is 2.42. The third-order valence-electron chi connectivity index (χ3n) is 9.34. The molecule has 0 aromatic rings. The van der Waals surface area contributed by atoms with Crippen LogP contribution in [0.25, 0.3) is 0 Å². The van der Waals surface area contributed by atoms with Gasteiger partial charge in [-0.2, -0.15) is 0 Å². The third kappa shape index (κ3) is 12.1. The van der Waals surface area contributed by atoms with Crippen LogP contribution in [0.4, 0.5) is 9.59 Å². The van der Waals surface area contributed by atoms with E-state index in [0.29, 0.717) is 25.7 Å². The van der Waals surface area contributed by atoms with Gasteiger partial charge in [-0.3, -0.25) is 33.7 Å². The first-order valence-corrected chi connectivity index (χ1v) is 17.8. The number of rotatable bonds is 8. The zero-order chi connectivity index (χ0) is 37.9. The van der Waals surface area contributed by atoms with E-state index in [1.165, 1.54) is 15.9 Å². The maximum absolute atomic E-state index is 14.1. The van der Waals surface area contributed by atoms with Gasteiger partial charge in [0.05, 0.1) is 18.7 Å². The molecule has 16 nitrogen and oxygen atoms in total. The van der Waals surface area contributed by atoms with Gasteiger partial charge in [0.15, 0.2) is 0 Å². The van der Waals surface area contributed by atoms with Crippen molar-refractivity contribution in [2.45, 2.75) is 117 Å². The van der Waals surface area contributed by atoms with Crippen molar-refractivity contribution in [3.8, 4) is 0 Å². The van der Waals surface area contributed by atoms with Crippen molar-refractivity contribution in [1.82, 2.24) is 36.4 Å². The Hall–Kier alpha value is -4.50. The lowest BCUT2D eigenvalue weighted by Crippen LogP contribution is -2.60. The molecule has 0 saturated carbocycles. The molecule has 3 fully saturated rings. The van der Waals surface area contributed by atoms with Crippen LogP contribution in [-0.4, -0.2) is 114 Å². The van der Waals surface area contributed by atoms with Gasteiger partial charge in [-0.15, -0.1) is 6.58 Å². The van der Waals surface area contributed by atoms with Crippen LogP contribution in [0.15, 0.2) is 12.7 Å². The van der Waals surface area contributed by atoms with E-state index >= 15 is 0 Å². The fourth-order valence-corrected chi connectivity index (χ4v) is 6.37. The molecule has 5 N–H and O–H groups in total. The zero-order valence-electron chi connectivity index (χ0n) is 30.6. The zero-order valence-corrected chi connectivity index (χ0v) is 30.6. The number of amides is 8. The van der Waals surface area contributed by atoms with Gasteiger partial charge in [-0.05, 0) is 55.8 Å². The molecule has 0 aliphatic carbocycles. The molecule has 51 heavy (non-hydrogen) atoms. The number of urea groups is 1. The minimum Gasteiger partial charge on any atom is -0.450 e. The quantitative estimate of drug-likeness (QED) is 0.139. The molecular formula is C35H55N7O9. The van der Waals surface area contributed by atoms with Crippen LogP contribution >= 0.6 is 0 Å². The molecule has 0 aromatic carbocycles. The van der Waals surface area contributed by atoms with E-state index in [9.17, 15) is 38.4 Å². The minimum absolute atomic E-state index is 0.0423. The van der Waals surface area contributed by atoms with Crippen LogP contribution in [0, 0.1) is 10.8 Å². The maximum Gasteiger partial charge on any atom is 0.407 e. The average molecular weight is 718 g/mol. The summed E-state index contributed by atoms with van der Waals surface area (Å²) in [5.74, 6) is -3.49. The predicted molar refractivity (Wildman–Crippen MR) is 186 cm³/mol. The second-order valence-electron chi connectivity index (χ2n) is 15.3. The SMILES string of the molecule is C=CCNC(=O)C(=O)[C@@H]1CCCCNC(=O)OCCC[C@H](NC(=O)N[C@H](CN2C(=O)CC(C)(C)CC2=O)C(C)(C)C)C(=O)N2CCC[C@H]2C(=O)N1. The van der Waals surface area contributed by atoms with Gasteiger partial charge in [0.2, 0.25) is 29.4 Å². The van der Waals surface area contributed by atoms with Crippen molar-refractivity contribution in [3.63, 3.8) is 0 Å². The van der Waals surface area contributed by atoms with Gasteiger partial charge in [0, 0.05) is 39.0 Å². The van der Waals surface area contributed by atoms with Crippen molar-refractivity contribution < 1.29 is 43.1 Å². The molecule has 4 atom stereocenters. The Labute approximate surface area is 299 Å². The number of ketones is 1. The Morgan fingerprint density at radius 3 is 2.33 bits per heavy atom. The molecule has 284 valence electrons. The number of ether oxygens (including phenoxy) is 1. The van der Waals surface area contributed by atoms with Crippen molar-refractivity contribution in [1.29, 1.82) is 0 Å². The van der Waals surface area contributed by atoms with E-state index in [-0.39, 0.29) is 76.7 Å². The van der Waals surface area contributed by atoms with Gasteiger partial charge in [0.25, 0.3) is 5.91 Å². The van der Waals surface area contributed by atoms with Gasteiger partial charge in [0.1, 0.15) is 12.1 Å². The summed E-state index contributed by atoms with van der Waals surface area (Å²) < 4.78 is 5.26. The Kier molecular flexibility index (Phi) is 14.5. The Bertz CT molecular complexity index is 1340. The smallest absolute Gasteiger partial charge is 0.407 e. The summed E-state index contributed by atoms with van der Waals surface area (Å²) in [6.45, 7) is 13.2. The van der Waals surface area contributed by atoms with E-state index in [1.807, 2.05) is 34.6 Å². The number of fused-ring (bicyclic) bond motifs is 1. The van der Waals surface area contributed by atoms with Crippen molar-refractivity contribution in [2.75, 3.05) is 32.8 Å². The number of piperidine rings is 1. The van der Waals surface area contributed by atoms with E-state index < -0.39 is 70.6 Å². The number of cyclic esters (lactones) is 1. The second-order valence-corrected chi connectivity index (χ2v) is 15.3. The minimum atomic E-state index is -1.17. The molecule has 0 unspecified atom stereocenters. The number of hydrogen-bond acceptors (Lipinski definition) is 9. The normalized spacial score (nSPS) is 24.6. The summed E-state index contributed by atoms with van der Waals surface area (Å²) >= 11 is 0. The van der Waals surface area contributed by atoms with E-state index in [2.05, 4.69) is 33.2 Å². The van der Waals surface area contributed by atoms with Crippen LogP contribution in [0.1, 0.15) is 92.4 Å². The first kappa shape index (κ1) is 40.9. The van der Waals surface area contributed by atoms with E-state index in [1.54, 1.807) is 0 Å². The Morgan fingerprint density at radius 1 is 1.00 bits per heavy atom. The summed E-state index contributed by atoms with van der Waals surface area (Å²) in [6.07, 6.45) is 3.18. The highest BCUT2D eigenvalue weighted by molar-refractivity contribution is 6.38. The largest absolute Gasteiger partial charge is 0.450 e. The lowest BCUT2D eigenvalue weighted by atomic mass is 9.80. The van der Waals surface area contributed by atoms with Gasteiger partial charge >= 0.3 is 12.1 Å². The Balaban J connectivity index is 1.81. The van der Waals surface area contributed by atoms with Crippen molar-refractivity contribution in [3.05, 3.63) is 12.7 Å². The molecule has 8 amide bonds. The fourth-order valence-electron chi connectivity index (χ4n) is 6.37. The lowest BCUT2D eigenvalue weighted by Gasteiger charge is -2.40. The van der Waals surface area contributed by atoms with Crippen LogP contribution < -0.4 is 26.6 Å². The predicted octanol–water partition coefficient (Wildman–Crippen LogP) is 1.28. The summed E-state index contributed by atoms with van der Waals surface area (Å²) in [7, 11) is 0. The molecule has 3 saturated heterocycles. The third-order valence-corrected chi connectivity index (χ3v) is 9.34. The van der Waals surface area contributed by atoms with Gasteiger partial charge in [-0.25, -0.2) is 9.59 Å². The summed E-state index contributed by atoms with van der Waals surface area (Å²) in [5.41, 5.74) is -1.05. The molecule has 16 heteroatoms. The van der Waals surface area contributed by atoms with Gasteiger partial charge < -0.3 is 36.2 Å². The number of imide groups is 1. The first-order valence-electron chi connectivity index (χ1n) is 17.8. The molecule has 0 spiro atoms. The van der Waals surface area contributed by atoms with Crippen molar-refractivity contribution in [2.24, 2.45) is 10.8 Å². The highest BCUT2D eigenvalue weighted by atomic mass is 16.5. The summed E-state index contributed by atoms with van der Waals surface area (Å²) in [4.78, 5) is 107. The highest BCUT2D eigenvalue weighted by Crippen LogP contribution is 2.32. The van der Waals surface area contributed by atoms with E-state index in [0.717, 1.165) is 0 Å². The number of nitrogens with zero attached hydrogens (tertiary/aromatic N) is 2. The van der Waals surface area contributed by atoms with Crippen LogP contribution in [0.5, 0.6) is 0 Å². The van der Waals surface area contributed by atoms with Crippen LogP contribution in [-0.2, 0) is 33.5 Å². The fraction of sp³-hybridized carbons (Fsp3) is 0.714. The number of nitrogens with one attached hydrogen (secondary N) is 5.